The Balaban J connectivity index is 2.21. The minimum atomic E-state index is -1.49. The number of aliphatic hydroxyl groups is 1. The van der Waals surface area contributed by atoms with Crippen LogP contribution in [0.25, 0.3) is 0 Å². The van der Waals surface area contributed by atoms with Crippen molar-refractivity contribution in [3.8, 4) is 5.75 Å². The number of hydrogen-bond acceptors (Lipinski definition) is 6. The quantitative estimate of drug-likeness (QED) is 0.633. The first-order chi connectivity index (χ1) is 16.0. The Morgan fingerprint density at radius 1 is 1.26 bits per heavy atom. The van der Waals surface area contributed by atoms with Crippen LogP contribution in [-0.4, -0.2) is 56.2 Å². The standard InChI is InChI=1S/C26H35N3O5/c1-16(2)12-26(24(32)33)13-18(15-30)22(20-14-27-9-10-28-20)29(26)23(31)17-7-8-19(25(3,4)5)21(11-17)34-6/h7-11,14,16,18,22,30H,12-13,15H2,1-6H3,(H,32,33)/t18-,22+,26-/m0/s1. The second kappa shape index (κ2) is 9.70. The number of amides is 1. The van der Waals surface area contributed by atoms with Gasteiger partial charge in [0.15, 0.2) is 0 Å². The summed E-state index contributed by atoms with van der Waals surface area (Å²) in [4.78, 5) is 36.9. The molecule has 8 heteroatoms. The molecule has 0 spiro atoms. The first-order valence-corrected chi connectivity index (χ1v) is 11.6. The Labute approximate surface area is 201 Å². The second-order valence-electron chi connectivity index (χ2n) is 10.5. The van der Waals surface area contributed by atoms with Crippen molar-refractivity contribution in [2.24, 2.45) is 11.8 Å². The zero-order valence-corrected chi connectivity index (χ0v) is 20.8. The molecule has 1 aliphatic rings. The van der Waals surface area contributed by atoms with Crippen molar-refractivity contribution < 1.29 is 24.5 Å². The molecule has 1 amide bonds. The van der Waals surface area contributed by atoms with E-state index in [1.54, 1.807) is 19.2 Å². The molecule has 2 heterocycles. The van der Waals surface area contributed by atoms with Gasteiger partial charge in [-0.05, 0) is 41.9 Å². The molecule has 0 unspecified atom stereocenters. The molecule has 184 valence electrons. The van der Waals surface area contributed by atoms with E-state index < -0.39 is 29.4 Å². The lowest BCUT2D eigenvalue weighted by Crippen LogP contribution is -2.54. The monoisotopic (exact) mass is 469 g/mol. The van der Waals surface area contributed by atoms with Gasteiger partial charge in [-0.2, -0.15) is 0 Å². The van der Waals surface area contributed by atoms with Gasteiger partial charge in [0, 0.05) is 30.5 Å². The third-order valence-electron chi connectivity index (χ3n) is 6.53. The van der Waals surface area contributed by atoms with Crippen LogP contribution in [0.1, 0.15) is 75.1 Å². The Hall–Kier alpha value is -3.00. The molecule has 8 nitrogen and oxygen atoms in total. The summed E-state index contributed by atoms with van der Waals surface area (Å²) in [5.74, 6) is -1.45. The number of nitrogens with zero attached hydrogens (tertiary/aromatic N) is 3. The maximum Gasteiger partial charge on any atom is 0.329 e. The van der Waals surface area contributed by atoms with Crippen LogP contribution in [0.15, 0.2) is 36.8 Å². The summed E-state index contributed by atoms with van der Waals surface area (Å²) in [6.07, 6.45) is 4.94. The van der Waals surface area contributed by atoms with E-state index in [-0.39, 0.29) is 30.8 Å². The normalized spacial score (nSPS) is 22.8. The van der Waals surface area contributed by atoms with Crippen LogP contribution in [0.2, 0.25) is 0 Å². The van der Waals surface area contributed by atoms with Crippen molar-refractivity contribution in [1.82, 2.24) is 14.9 Å². The summed E-state index contributed by atoms with van der Waals surface area (Å²) < 4.78 is 5.59. The average molecular weight is 470 g/mol. The van der Waals surface area contributed by atoms with E-state index in [0.29, 0.717) is 17.0 Å². The van der Waals surface area contributed by atoms with Gasteiger partial charge in [0.1, 0.15) is 11.3 Å². The van der Waals surface area contributed by atoms with Crippen molar-refractivity contribution >= 4 is 11.9 Å². The molecular formula is C26H35N3O5. The highest BCUT2D eigenvalue weighted by molar-refractivity contribution is 5.99. The van der Waals surface area contributed by atoms with Crippen LogP contribution in [0.4, 0.5) is 0 Å². The molecule has 0 saturated carbocycles. The zero-order valence-electron chi connectivity index (χ0n) is 20.8. The second-order valence-corrected chi connectivity index (χ2v) is 10.5. The van der Waals surface area contributed by atoms with Crippen molar-refractivity contribution in [3.63, 3.8) is 0 Å². The number of benzene rings is 1. The molecule has 3 rings (SSSR count). The molecule has 1 aromatic carbocycles. The van der Waals surface area contributed by atoms with Gasteiger partial charge in [0.2, 0.25) is 0 Å². The predicted octanol–water partition coefficient (Wildman–Crippen LogP) is 3.85. The molecule has 1 aliphatic heterocycles. The minimum absolute atomic E-state index is 0.00385. The fourth-order valence-electron chi connectivity index (χ4n) is 5.16. The summed E-state index contributed by atoms with van der Waals surface area (Å²) in [5, 5.41) is 20.7. The van der Waals surface area contributed by atoms with Crippen LogP contribution >= 0.6 is 0 Å². The van der Waals surface area contributed by atoms with E-state index in [4.69, 9.17) is 4.74 Å². The summed E-state index contributed by atoms with van der Waals surface area (Å²) in [6.45, 7) is 9.75. The molecule has 0 aliphatic carbocycles. The number of rotatable bonds is 7. The molecule has 2 aromatic rings. The molecule has 1 fully saturated rings. The van der Waals surface area contributed by atoms with Crippen LogP contribution in [-0.2, 0) is 10.2 Å². The predicted molar refractivity (Wildman–Crippen MR) is 128 cm³/mol. The zero-order chi connectivity index (χ0) is 25.3. The van der Waals surface area contributed by atoms with Crippen LogP contribution in [0.3, 0.4) is 0 Å². The number of aromatic nitrogens is 2. The van der Waals surface area contributed by atoms with Crippen molar-refractivity contribution in [2.75, 3.05) is 13.7 Å². The Bertz CT molecular complexity index is 1030. The molecule has 3 atom stereocenters. The van der Waals surface area contributed by atoms with Gasteiger partial charge >= 0.3 is 5.97 Å². The maximum absolute atomic E-state index is 14.1. The third kappa shape index (κ3) is 4.64. The van der Waals surface area contributed by atoms with E-state index in [0.717, 1.165) is 5.56 Å². The average Bonchev–Trinajstić information content (AvgIpc) is 3.12. The first kappa shape index (κ1) is 25.6. The maximum atomic E-state index is 14.1. The van der Waals surface area contributed by atoms with Gasteiger partial charge < -0.3 is 19.8 Å². The molecule has 34 heavy (non-hydrogen) atoms. The lowest BCUT2D eigenvalue weighted by molar-refractivity contribution is -0.150. The Morgan fingerprint density at radius 2 is 1.97 bits per heavy atom. The number of methoxy groups -OCH3 is 1. The van der Waals surface area contributed by atoms with E-state index in [9.17, 15) is 19.8 Å². The van der Waals surface area contributed by atoms with Gasteiger partial charge in [0.05, 0.1) is 25.0 Å². The lowest BCUT2D eigenvalue weighted by Gasteiger charge is -2.39. The van der Waals surface area contributed by atoms with E-state index in [1.165, 1.54) is 23.5 Å². The number of carbonyl (C=O) groups excluding carboxylic acids is 1. The fourth-order valence-corrected chi connectivity index (χ4v) is 5.16. The number of aliphatic hydroxyl groups excluding tert-OH is 1. The van der Waals surface area contributed by atoms with Gasteiger partial charge in [-0.3, -0.25) is 14.8 Å². The fraction of sp³-hybridized carbons (Fsp3) is 0.538. The van der Waals surface area contributed by atoms with E-state index in [1.807, 2.05) is 19.9 Å². The van der Waals surface area contributed by atoms with Gasteiger partial charge in [-0.1, -0.05) is 40.7 Å². The Kier molecular flexibility index (Phi) is 7.31. The highest BCUT2D eigenvalue weighted by Crippen LogP contribution is 2.50. The molecule has 1 saturated heterocycles. The first-order valence-electron chi connectivity index (χ1n) is 11.6. The smallest absolute Gasteiger partial charge is 0.329 e. The van der Waals surface area contributed by atoms with Crippen LogP contribution in [0.5, 0.6) is 5.75 Å². The van der Waals surface area contributed by atoms with Gasteiger partial charge in [0.25, 0.3) is 5.91 Å². The van der Waals surface area contributed by atoms with Gasteiger partial charge in [-0.25, -0.2) is 4.79 Å². The van der Waals surface area contributed by atoms with Gasteiger partial charge in [-0.15, -0.1) is 0 Å². The number of carbonyl (C=O) groups is 2. The van der Waals surface area contributed by atoms with Crippen molar-refractivity contribution in [2.45, 2.75) is 64.5 Å². The van der Waals surface area contributed by atoms with E-state index >= 15 is 0 Å². The SMILES string of the molecule is COc1cc(C(=O)N2[C@@H](c3cnccn3)[C@H](CO)C[C@@]2(CC(C)C)C(=O)O)ccc1C(C)(C)C. The molecule has 1 aromatic heterocycles. The number of hydrogen-bond donors (Lipinski definition) is 2. The van der Waals surface area contributed by atoms with Crippen molar-refractivity contribution in [3.05, 3.63) is 53.6 Å². The highest BCUT2D eigenvalue weighted by Gasteiger charge is 2.59. The summed E-state index contributed by atoms with van der Waals surface area (Å²) in [6, 6.07) is 4.51. The van der Waals surface area contributed by atoms with Crippen LogP contribution in [0, 0.1) is 11.8 Å². The highest BCUT2D eigenvalue weighted by atomic mass is 16.5. The Morgan fingerprint density at radius 3 is 2.47 bits per heavy atom. The van der Waals surface area contributed by atoms with E-state index in [2.05, 4.69) is 30.7 Å². The molecule has 0 bridgehead atoms. The summed E-state index contributed by atoms with van der Waals surface area (Å²) in [5.41, 5.74) is 0.0364. The number of likely N-dealkylation sites (tertiary alicyclic amines) is 1. The summed E-state index contributed by atoms with van der Waals surface area (Å²) in [7, 11) is 1.55. The molecular weight excluding hydrogens is 434 g/mol. The minimum Gasteiger partial charge on any atom is -0.496 e. The number of aliphatic carboxylic acids is 1. The number of carboxylic acids is 1. The largest absolute Gasteiger partial charge is 0.496 e. The lowest BCUT2D eigenvalue weighted by atomic mass is 9.83. The third-order valence-corrected chi connectivity index (χ3v) is 6.53. The number of ether oxygens (including phenoxy) is 1. The van der Waals surface area contributed by atoms with Crippen molar-refractivity contribution in [1.29, 1.82) is 0 Å². The number of carboxylic acid groups (broad SMARTS) is 1. The molecule has 0 radical (unpaired) electrons. The van der Waals surface area contributed by atoms with Crippen LogP contribution < -0.4 is 4.74 Å². The summed E-state index contributed by atoms with van der Waals surface area (Å²) >= 11 is 0. The topological polar surface area (TPSA) is 113 Å². The molecule has 2 N–H and O–H groups in total.